The molecular formula is C19H14N2O2S. The molecule has 0 aromatic heterocycles. The summed E-state index contributed by atoms with van der Waals surface area (Å²) in [5.74, 6) is 0. The van der Waals surface area contributed by atoms with Crippen LogP contribution in [0.25, 0.3) is 11.1 Å². The number of hydrogen-bond donors (Lipinski definition) is 1. The van der Waals surface area contributed by atoms with Crippen LogP contribution in [0.1, 0.15) is 5.56 Å². The summed E-state index contributed by atoms with van der Waals surface area (Å²) in [4.78, 5) is 0.208. The lowest BCUT2D eigenvalue weighted by atomic mass is 10.0. The molecule has 4 nitrogen and oxygen atoms in total. The van der Waals surface area contributed by atoms with E-state index in [0.717, 1.165) is 11.1 Å². The molecule has 0 bridgehead atoms. The highest BCUT2D eigenvalue weighted by atomic mass is 32.2. The third-order valence-electron chi connectivity index (χ3n) is 3.55. The molecule has 0 atom stereocenters. The highest BCUT2D eigenvalue weighted by Crippen LogP contribution is 2.29. The Hall–Kier alpha value is -3.10. The van der Waals surface area contributed by atoms with Gasteiger partial charge in [0, 0.05) is 5.56 Å². The lowest BCUT2D eigenvalue weighted by molar-refractivity contribution is 0.601. The van der Waals surface area contributed by atoms with Crippen LogP contribution < -0.4 is 4.72 Å². The molecule has 0 aliphatic carbocycles. The quantitative estimate of drug-likeness (QED) is 0.783. The van der Waals surface area contributed by atoms with Crippen molar-refractivity contribution >= 4 is 15.7 Å². The first-order chi connectivity index (χ1) is 11.6. The summed E-state index contributed by atoms with van der Waals surface area (Å²) >= 11 is 0. The summed E-state index contributed by atoms with van der Waals surface area (Å²) in [6, 6.07) is 24.5. The lowest BCUT2D eigenvalue weighted by Crippen LogP contribution is -2.13. The predicted molar refractivity (Wildman–Crippen MR) is 93.8 cm³/mol. The van der Waals surface area contributed by atoms with Gasteiger partial charge in [-0.05, 0) is 35.9 Å². The van der Waals surface area contributed by atoms with Crippen molar-refractivity contribution in [1.82, 2.24) is 0 Å². The topological polar surface area (TPSA) is 70.0 Å². The lowest BCUT2D eigenvalue weighted by Gasteiger charge is -2.13. The van der Waals surface area contributed by atoms with Crippen molar-refractivity contribution in [3.05, 3.63) is 84.4 Å². The van der Waals surface area contributed by atoms with Crippen LogP contribution in [0.3, 0.4) is 0 Å². The Morgan fingerprint density at radius 3 is 2.08 bits per heavy atom. The maximum atomic E-state index is 12.5. The number of nitrogens with one attached hydrogen (secondary N) is 1. The standard InChI is InChI=1S/C19H14N2O2S/c20-14-15-10-12-16(13-11-15)18-8-4-5-9-19(18)21-24(22,23)17-6-2-1-3-7-17/h1-13,21H. The Balaban J connectivity index is 1.99. The molecule has 0 radical (unpaired) electrons. The molecule has 0 aliphatic rings. The average Bonchev–Trinajstić information content (AvgIpc) is 2.63. The van der Waals surface area contributed by atoms with Crippen molar-refractivity contribution in [2.45, 2.75) is 4.90 Å². The Morgan fingerprint density at radius 2 is 1.42 bits per heavy atom. The fraction of sp³-hybridized carbons (Fsp3) is 0. The van der Waals surface area contributed by atoms with Crippen molar-refractivity contribution in [3.63, 3.8) is 0 Å². The van der Waals surface area contributed by atoms with E-state index >= 15 is 0 Å². The van der Waals surface area contributed by atoms with Crippen LogP contribution in [0.15, 0.2) is 83.8 Å². The molecule has 0 heterocycles. The molecule has 118 valence electrons. The third-order valence-corrected chi connectivity index (χ3v) is 4.93. The molecule has 0 saturated heterocycles. The van der Waals surface area contributed by atoms with Crippen LogP contribution in [0, 0.1) is 11.3 Å². The normalized spacial score (nSPS) is 10.8. The molecule has 0 amide bonds. The molecule has 3 aromatic carbocycles. The van der Waals surface area contributed by atoms with E-state index in [1.165, 1.54) is 0 Å². The molecule has 0 fully saturated rings. The molecular weight excluding hydrogens is 320 g/mol. The van der Waals surface area contributed by atoms with Crippen LogP contribution in [-0.2, 0) is 10.0 Å². The SMILES string of the molecule is N#Cc1ccc(-c2ccccc2NS(=O)(=O)c2ccccc2)cc1. The van der Waals surface area contributed by atoms with Gasteiger partial charge < -0.3 is 0 Å². The number of anilines is 1. The number of hydrogen-bond acceptors (Lipinski definition) is 3. The maximum Gasteiger partial charge on any atom is 0.261 e. The minimum absolute atomic E-state index is 0.208. The zero-order valence-corrected chi connectivity index (χ0v) is 13.5. The molecule has 1 N–H and O–H groups in total. The van der Waals surface area contributed by atoms with E-state index in [0.29, 0.717) is 11.3 Å². The van der Waals surface area contributed by atoms with Gasteiger partial charge >= 0.3 is 0 Å². The zero-order valence-electron chi connectivity index (χ0n) is 12.7. The van der Waals surface area contributed by atoms with Crippen molar-refractivity contribution < 1.29 is 8.42 Å². The molecule has 3 rings (SSSR count). The largest absolute Gasteiger partial charge is 0.279 e. The fourth-order valence-electron chi connectivity index (χ4n) is 2.35. The van der Waals surface area contributed by atoms with E-state index < -0.39 is 10.0 Å². The Labute approximate surface area is 141 Å². The summed E-state index contributed by atoms with van der Waals surface area (Å²) in [6.45, 7) is 0. The molecule has 0 aliphatic heterocycles. The van der Waals surface area contributed by atoms with Gasteiger partial charge in [-0.3, -0.25) is 4.72 Å². The van der Waals surface area contributed by atoms with Gasteiger partial charge in [-0.25, -0.2) is 8.42 Å². The monoisotopic (exact) mass is 334 g/mol. The second-order valence-corrected chi connectivity index (χ2v) is 6.84. The minimum atomic E-state index is -3.66. The van der Waals surface area contributed by atoms with Crippen LogP contribution in [-0.4, -0.2) is 8.42 Å². The Morgan fingerprint density at radius 1 is 0.792 bits per heavy atom. The summed E-state index contributed by atoms with van der Waals surface area (Å²) in [6.07, 6.45) is 0. The van der Waals surface area contributed by atoms with E-state index in [4.69, 9.17) is 5.26 Å². The average molecular weight is 334 g/mol. The zero-order chi connectivity index (χ0) is 17.0. The van der Waals surface area contributed by atoms with E-state index in [-0.39, 0.29) is 4.90 Å². The molecule has 3 aromatic rings. The van der Waals surface area contributed by atoms with Crippen molar-refractivity contribution in [2.24, 2.45) is 0 Å². The number of nitrogens with zero attached hydrogens (tertiary/aromatic N) is 1. The Bertz CT molecular complexity index is 990. The van der Waals surface area contributed by atoms with E-state index in [2.05, 4.69) is 10.8 Å². The molecule has 24 heavy (non-hydrogen) atoms. The van der Waals surface area contributed by atoms with Gasteiger partial charge in [-0.2, -0.15) is 5.26 Å². The number of nitriles is 1. The summed E-state index contributed by atoms with van der Waals surface area (Å²) in [7, 11) is -3.66. The smallest absolute Gasteiger partial charge is 0.261 e. The van der Waals surface area contributed by atoms with Gasteiger partial charge in [-0.15, -0.1) is 0 Å². The van der Waals surface area contributed by atoms with Crippen molar-refractivity contribution in [1.29, 1.82) is 5.26 Å². The van der Waals surface area contributed by atoms with Gasteiger partial charge in [-0.1, -0.05) is 48.5 Å². The van der Waals surface area contributed by atoms with Gasteiger partial charge in [0.05, 0.1) is 22.2 Å². The van der Waals surface area contributed by atoms with Crippen LogP contribution in [0.5, 0.6) is 0 Å². The van der Waals surface area contributed by atoms with Crippen molar-refractivity contribution in [2.75, 3.05) is 4.72 Å². The second-order valence-electron chi connectivity index (χ2n) is 5.15. The second kappa shape index (κ2) is 6.57. The first-order valence-corrected chi connectivity index (χ1v) is 8.76. The predicted octanol–water partition coefficient (Wildman–Crippen LogP) is 4.03. The summed E-state index contributed by atoms with van der Waals surface area (Å²) < 4.78 is 27.7. The Kier molecular flexibility index (Phi) is 4.32. The van der Waals surface area contributed by atoms with E-state index in [1.54, 1.807) is 66.7 Å². The van der Waals surface area contributed by atoms with Crippen LogP contribution in [0.4, 0.5) is 5.69 Å². The highest BCUT2D eigenvalue weighted by Gasteiger charge is 2.15. The number of benzene rings is 3. The number of para-hydroxylation sites is 1. The first kappa shape index (κ1) is 15.8. The van der Waals surface area contributed by atoms with Crippen molar-refractivity contribution in [3.8, 4) is 17.2 Å². The number of rotatable bonds is 4. The van der Waals surface area contributed by atoms with E-state index in [1.807, 2.05) is 12.1 Å². The third kappa shape index (κ3) is 3.29. The molecule has 0 saturated carbocycles. The fourth-order valence-corrected chi connectivity index (χ4v) is 3.45. The highest BCUT2D eigenvalue weighted by molar-refractivity contribution is 7.92. The van der Waals surface area contributed by atoms with Gasteiger partial charge in [0.15, 0.2) is 0 Å². The van der Waals surface area contributed by atoms with E-state index in [9.17, 15) is 8.42 Å². The van der Waals surface area contributed by atoms with Gasteiger partial charge in [0.1, 0.15) is 0 Å². The minimum Gasteiger partial charge on any atom is -0.279 e. The summed E-state index contributed by atoms with van der Waals surface area (Å²) in [5, 5.41) is 8.89. The molecule has 5 heteroatoms. The number of sulfonamides is 1. The van der Waals surface area contributed by atoms with Crippen LogP contribution in [0.2, 0.25) is 0 Å². The van der Waals surface area contributed by atoms with Gasteiger partial charge in [0.25, 0.3) is 10.0 Å². The molecule has 0 unspecified atom stereocenters. The first-order valence-electron chi connectivity index (χ1n) is 7.27. The van der Waals surface area contributed by atoms with Gasteiger partial charge in [0.2, 0.25) is 0 Å². The van der Waals surface area contributed by atoms with Crippen LogP contribution >= 0.6 is 0 Å². The molecule has 0 spiro atoms. The summed E-state index contributed by atoms with van der Waals surface area (Å²) in [5.41, 5.74) is 2.63. The maximum absolute atomic E-state index is 12.5.